The fraction of sp³-hybridized carbons (Fsp3) is 0.0435. The maximum absolute atomic E-state index is 4.82. The first-order valence-corrected chi connectivity index (χ1v) is 10.2. The van der Waals surface area contributed by atoms with Gasteiger partial charge in [0.25, 0.3) is 0 Å². The largest absolute Gasteiger partial charge is 0.364 e. The van der Waals surface area contributed by atoms with Gasteiger partial charge in [0.2, 0.25) is 0 Å². The minimum Gasteiger partial charge on any atom is -0.364 e. The average molecular weight is 395 g/mol. The van der Waals surface area contributed by atoms with E-state index < -0.39 is 0 Å². The second-order valence-electron chi connectivity index (χ2n) is 6.56. The Balaban J connectivity index is 1.61. The molecule has 6 heteroatoms. The van der Waals surface area contributed by atoms with Crippen molar-refractivity contribution >= 4 is 28.1 Å². The van der Waals surface area contributed by atoms with E-state index in [4.69, 9.17) is 9.97 Å². The number of hydrogen-bond acceptors (Lipinski definition) is 6. The van der Waals surface area contributed by atoms with E-state index >= 15 is 0 Å². The van der Waals surface area contributed by atoms with E-state index in [-0.39, 0.29) is 0 Å². The topological polar surface area (TPSA) is 63.6 Å². The maximum atomic E-state index is 4.82. The zero-order valence-corrected chi connectivity index (χ0v) is 16.3. The lowest BCUT2D eigenvalue weighted by Crippen LogP contribution is -2.05. The molecule has 4 heterocycles. The molecule has 0 atom stereocenters. The molecule has 0 aliphatic carbocycles. The van der Waals surface area contributed by atoms with E-state index in [9.17, 15) is 0 Å². The van der Waals surface area contributed by atoms with Crippen molar-refractivity contribution in [3.05, 3.63) is 89.6 Å². The minimum absolute atomic E-state index is 0.585. The summed E-state index contributed by atoms with van der Waals surface area (Å²) in [7, 11) is 0. The molecule has 1 aromatic carbocycles. The second-order valence-corrected chi connectivity index (χ2v) is 7.34. The Bertz CT molecular complexity index is 1240. The molecule has 0 radical (unpaired) electrons. The van der Waals surface area contributed by atoms with Crippen LogP contribution in [-0.4, -0.2) is 19.9 Å². The fourth-order valence-electron chi connectivity index (χ4n) is 3.17. The first kappa shape index (κ1) is 17.5. The van der Waals surface area contributed by atoms with Crippen LogP contribution >= 0.6 is 11.3 Å². The number of thiophene rings is 1. The molecule has 29 heavy (non-hydrogen) atoms. The van der Waals surface area contributed by atoms with Crippen LogP contribution in [0.2, 0.25) is 0 Å². The fourth-order valence-corrected chi connectivity index (χ4v) is 3.84. The molecule has 5 rings (SSSR count). The third kappa shape index (κ3) is 3.70. The molecule has 4 aromatic heterocycles. The monoisotopic (exact) mass is 395 g/mol. The molecule has 0 aliphatic heterocycles. The van der Waals surface area contributed by atoms with Crippen molar-refractivity contribution < 1.29 is 0 Å². The van der Waals surface area contributed by atoms with Crippen molar-refractivity contribution in [3.63, 3.8) is 0 Å². The van der Waals surface area contributed by atoms with Gasteiger partial charge in [-0.05, 0) is 64.4 Å². The van der Waals surface area contributed by atoms with Gasteiger partial charge in [-0.15, -0.1) is 0 Å². The lowest BCUT2D eigenvalue weighted by atomic mass is 10.1. The number of nitrogens with one attached hydrogen (secondary N) is 1. The summed E-state index contributed by atoms with van der Waals surface area (Å²) in [6.45, 7) is 0.585. The number of benzene rings is 1. The number of aromatic nitrogens is 4. The van der Waals surface area contributed by atoms with Gasteiger partial charge in [0, 0.05) is 29.5 Å². The van der Waals surface area contributed by atoms with E-state index in [0.29, 0.717) is 12.4 Å². The van der Waals surface area contributed by atoms with Gasteiger partial charge in [0.05, 0.1) is 17.8 Å². The van der Waals surface area contributed by atoms with Crippen molar-refractivity contribution in [3.8, 4) is 22.5 Å². The summed E-state index contributed by atoms with van der Waals surface area (Å²) in [6.07, 6.45) is 5.33. The third-order valence-corrected chi connectivity index (χ3v) is 5.32. The highest BCUT2D eigenvalue weighted by Gasteiger charge is 2.11. The minimum atomic E-state index is 0.585. The van der Waals surface area contributed by atoms with Gasteiger partial charge in [-0.3, -0.25) is 9.97 Å². The van der Waals surface area contributed by atoms with E-state index in [1.165, 1.54) is 5.56 Å². The van der Waals surface area contributed by atoms with Gasteiger partial charge < -0.3 is 5.32 Å². The Hall–Kier alpha value is -3.64. The number of hydrogen-bond donors (Lipinski definition) is 1. The van der Waals surface area contributed by atoms with Crippen LogP contribution in [0.25, 0.3) is 33.4 Å². The van der Waals surface area contributed by atoms with E-state index in [1.807, 2.05) is 30.3 Å². The van der Waals surface area contributed by atoms with Crippen molar-refractivity contribution in [1.29, 1.82) is 0 Å². The molecule has 0 spiro atoms. The highest BCUT2D eigenvalue weighted by Crippen LogP contribution is 2.30. The molecule has 0 aliphatic rings. The van der Waals surface area contributed by atoms with Crippen LogP contribution in [-0.2, 0) is 6.54 Å². The number of fused-ring (bicyclic) bond motifs is 1. The van der Waals surface area contributed by atoms with Crippen molar-refractivity contribution in [1.82, 2.24) is 19.9 Å². The molecule has 0 fully saturated rings. The lowest BCUT2D eigenvalue weighted by molar-refractivity contribution is 1.03. The molecule has 0 unspecified atom stereocenters. The first-order chi connectivity index (χ1) is 14.4. The van der Waals surface area contributed by atoms with Crippen LogP contribution in [0, 0.1) is 0 Å². The zero-order chi connectivity index (χ0) is 19.5. The van der Waals surface area contributed by atoms with Gasteiger partial charge in [-0.25, -0.2) is 9.97 Å². The Labute approximate surface area is 172 Å². The van der Waals surface area contributed by atoms with Gasteiger partial charge >= 0.3 is 0 Å². The third-order valence-electron chi connectivity index (χ3n) is 4.63. The van der Waals surface area contributed by atoms with Crippen molar-refractivity contribution in [2.24, 2.45) is 0 Å². The van der Waals surface area contributed by atoms with E-state index in [0.717, 1.165) is 33.5 Å². The highest BCUT2D eigenvalue weighted by atomic mass is 32.1. The normalized spacial score (nSPS) is 10.9. The number of nitrogens with zero attached hydrogens (tertiary/aromatic N) is 4. The predicted octanol–water partition coefficient (Wildman–Crippen LogP) is 5.43. The van der Waals surface area contributed by atoms with Crippen molar-refractivity contribution in [2.45, 2.75) is 6.54 Å². The Morgan fingerprint density at radius 2 is 1.86 bits per heavy atom. The summed E-state index contributed by atoms with van der Waals surface area (Å²) in [5.41, 5.74) is 5.08. The Kier molecular flexibility index (Phi) is 4.68. The SMILES string of the molecule is c1ccc(CNc2nc(-c3cccnc3)nc3ccc(-c4ccsc4)cc23)nc1. The summed E-state index contributed by atoms with van der Waals surface area (Å²) in [6, 6.07) is 18.2. The second kappa shape index (κ2) is 7.77. The maximum Gasteiger partial charge on any atom is 0.163 e. The van der Waals surface area contributed by atoms with E-state index in [1.54, 1.807) is 29.9 Å². The number of rotatable bonds is 5. The van der Waals surface area contributed by atoms with Gasteiger partial charge in [0.15, 0.2) is 5.82 Å². The Morgan fingerprint density at radius 1 is 0.862 bits per heavy atom. The molecular weight excluding hydrogens is 378 g/mol. The summed E-state index contributed by atoms with van der Waals surface area (Å²) in [5.74, 6) is 1.44. The van der Waals surface area contributed by atoms with Gasteiger partial charge in [0.1, 0.15) is 5.82 Å². The van der Waals surface area contributed by atoms with Crippen LogP contribution < -0.4 is 5.32 Å². The summed E-state index contributed by atoms with van der Waals surface area (Å²) >= 11 is 1.69. The molecule has 0 amide bonds. The summed E-state index contributed by atoms with van der Waals surface area (Å²) in [5, 5.41) is 8.67. The molecule has 0 saturated heterocycles. The quantitative estimate of drug-likeness (QED) is 0.430. The summed E-state index contributed by atoms with van der Waals surface area (Å²) < 4.78 is 0. The highest BCUT2D eigenvalue weighted by molar-refractivity contribution is 7.08. The van der Waals surface area contributed by atoms with E-state index in [2.05, 4.69) is 50.3 Å². The molecule has 0 bridgehead atoms. The predicted molar refractivity (Wildman–Crippen MR) is 118 cm³/mol. The molecule has 140 valence electrons. The van der Waals surface area contributed by atoms with Crippen LogP contribution in [0.1, 0.15) is 5.69 Å². The average Bonchev–Trinajstić information content (AvgIpc) is 3.33. The molecule has 1 N–H and O–H groups in total. The molecule has 5 aromatic rings. The van der Waals surface area contributed by atoms with Crippen LogP contribution in [0.5, 0.6) is 0 Å². The lowest BCUT2D eigenvalue weighted by Gasteiger charge is -2.12. The zero-order valence-electron chi connectivity index (χ0n) is 15.5. The molecule has 5 nitrogen and oxygen atoms in total. The van der Waals surface area contributed by atoms with Crippen LogP contribution in [0.4, 0.5) is 5.82 Å². The first-order valence-electron chi connectivity index (χ1n) is 9.25. The van der Waals surface area contributed by atoms with Gasteiger partial charge in [-0.2, -0.15) is 11.3 Å². The summed E-state index contributed by atoms with van der Waals surface area (Å²) in [4.78, 5) is 18.2. The smallest absolute Gasteiger partial charge is 0.163 e. The van der Waals surface area contributed by atoms with Crippen molar-refractivity contribution in [2.75, 3.05) is 5.32 Å². The van der Waals surface area contributed by atoms with Crippen LogP contribution in [0.3, 0.4) is 0 Å². The molecule has 0 saturated carbocycles. The van der Waals surface area contributed by atoms with Crippen LogP contribution in [0.15, 0.2) is 83.9 Å². The number of anilines is 1. The number of pyridine rings is 2. The van der Waals surface area contributed by atoms with Gasteiger partial charge in [-0.1, -0.05) is 12.1 Å². The molecular formula is C23H17N5S. The standard InChI is InChI=1S/C23H17N5S/c1-2-10-25-19(5-1)14-26-23-20-12-16(18-8-11-29-15-18)6-7-21(20)27-22(28-23)17-4-3-9-24-13-17/h1-13,15H,14H2,(H,26,27,28). The Morgan fingerprint density at radius 3 is 2.66 bits per heavy atom.